The van der Waals surface area contributed by atoms with E-state index in [0.29, 0.717) is 24.3 Å². The molecule has 0 aliphatic heterocycles. The number of carbonyl (C=O) groups is 1. The molecule has 8 heteroatoms. The number of aryl methyl sites for hydroxylation is 1. The highest BCUT2D eigenvalue weighted by Gasteiger charge is 2.11. The van der Waals surface area contributed by atoms with Crippen LogP contribution in [0.4, 0.5) is 11.9 Å². The van der Waals surface area contributed by atoms with Crippen molar-refractivity contribution in [2.45, 2.75) is 26.7 Å². The lowest BCUT2D eigenvalue weighted by atomic mass is 10.4. The molecule has 1 rings (SSSR count). The molecular formula is C12H21N5O3. The molecule has 0 bridgehead atoms. The lowest BCUT2D eigenvalue weighted by Gasteiger charge is -2.21. The number of carboxylic acids is 1. The molecule has 8 nitrogen and oxygen atoms in total. The lowest BCUT2D eigenvalue weighted by Crippen LogP contribution is -2.30. The molecule has 0 saturated heterocycles. The van der Waals surface area contributed by atoms with Gasteiger partial charge in [-0.25, -0.2) is 0 Å². The Labute approximate surface area is 117 Å². The molecule has 0 aliphatic carbocycles. The topological polar surface area (TPSA) is 111 Å². The summed E-state index contributed by atoms with van der Waals surface area (Å²) in [6.07, 6.45) is 0.905. The number of nitrogens with one attached hydrogen (secondary N) is 1. The van der Waals surface area contributed by atoms with Crippen molar-refractivity contribution >= 4 is 17.9 Å². The van der Waals surface area contributed by atoms with E-state index in [9.17, 15) is 4.79 Å². The summed E-state index contributed by atoms with van der Waals surface area (Å²) in [5.74, 6) is 0.516. The van der Waals surface area contributed by atoms with Crippen molar-refractivity contribution in [1.82, 2.24) is 15.0 Å². The Morgan fingerprint density at radius 1 is 1.30 bits per heavy atom. The summed E-state index contributed by atoms with van der Waals surface area (Å²) in [6.45, 7) is 5.24. The Morgan fingerprint density at radius 3 is 2.65 bits per heavy atom. The Bertz CT molecular complexity index is 435. The van der Waals surface area contributed by atoms with Gasteiger partial charge in [0.05, 0.1) is 13.0 Å². The highest BCUT2D eigenvalue weighted by molar-refractivity contribution is 5.67. The maximum Gasteiger partial charge on any atom is 0.305 e. The summed E-state index contributed by atoms with van der Waals surface area (Å²) >= 11 is 0. The molecule has 20 heavy (non-hydrogen) atoms. The van der Waals surface area contributed by atoms with E-state index in [1.165, 1.54) is 0 Å². The third-order valence-electron chi connectivity index (χ3n) is 2.50. The van der Waals surface area contributed by atoms with Gasteiger partial charge in [0.25, 0.3) is 0 Å². The first-order valence-electron chi connectivity index (χ1n) is 6.61. The van der Waals surface area contributed by atoms with E-state index < -0.39 is 5.97 Å². The van der Waals surface area contributed by atoms with Crippen LogP contribution >= 0.6 is 0 Å². The zero-order chi connectivity index (χ0) is 15.0. The van der Waals surface area contributed by atoms with Crippen molar-refractivity contribution in [3.8, 4) is 0 Å². The van der Waals surface area contributed by atoms with Gasteiger partial charge < -0.3 is 20.4 Å². The van der Waals surface area contributed by atoms with Crippen molar-refractivity contribution in [2.75, 3.05) is 36.5 Å². The Balaban J connectivity index is 2.80. The predicted octanol–water partition coefficient (Wildman–Crippen LogP) is 0.275. The fourth-order valence-corrected chi connectivity index (χ4v) is 1.67. The molecule has 112 valence electrons. The van der Waals surface area contributed by atoms with Crippen LogP contribution in [0.2, 0.25) is 0 Å². The first kappa shape index (κ1) is 16.1. The number of rotatable bonds is 9. The second kappa shape index (κ2) is 8.26. The van der Waals surface area contributed by atoms with Crippen LogP contribution in [0, 0.1) is 6.92 Å². The first-order chi connectivity index (χ1) is 9.56. The number of nitrogens with zero attached hydrogens (tertiary/aromatic N) is 4. The van der Waals surface area contributed by atoms with Crippen LogP contribution in [0.5, 0.6) is 0 Å². The van der Waals surface area contributed by atoms with Gasteiger partial charge in [0.2, 0.25) is 11.9 Å². The molecule has 3 N–H and O–H groups in total. The third-order valence-corrected chi connectivity index (χ3v) is 2.50. The molecule has 0 radical (unpaired) electrons. The quantitative estimate of drug-likeness (QED) is 0.592. The highest BCUT2D eigenvalue weighted by atomic mass is 16.4. The molecule has 0 aliphatic rings. The van der Waals surface area contributed by atoms with Gasteiger partial charge in [0, 0.05) is 19.6 Å². The van der Waals surface area contributed by atoms with E-state index >= 15 is 0 Å². The normalized spacial score (nSPS) is 10.3. The SMILES string of the molecule is CCCN(CCO)c1nc(C)nc(NCCC(=O)O)n1. The molecule has 0 fully saturated rings. The van der Waals surface area contributed by atoms with E-state index in [1.807, 2.05) is 11.8 Å². The van der Waals surface area contributed by atoms with Gasteiger partial charge in [-0.3, -0.25) is 4.79 Å². The number of hydrogen-bond acceptors (Lipinski definition) is 7. The van der Waals surface area contributed by atoms with E-state index in [-0.39, 0.29) is 19.6 Å². The van der Waals surface area contributed by atoms with Crippen molar-refractivity contribution < 1.29 is 15.0 Å². The van der Waals surface area contributed by atoms with Crippen LogP contribution in [0.3, 0.4) is 0 Å². The molecule has 0 spiro atoms. The second-order valence-corrected chi connectivity index (χ2v) is 4.29. The number of anilines is 2. The molecule has 0 saturated carbocycles. The van der Waals surface area contributed by atoms with E-state index in [4.69, 9.17) is 10.2 Å². The van der Waals surface area contributed by atoms with Crippen LogP contribution in [-0.2, 0) is 4.79 Å². The van der Waals surface area contributed by atoms with Crippen LogP contribution in [-0.4, -0.2) is 57.4 Å². The largest absolute Gasteiger partial charge is 0.481 e. The van der Waals surface area contributed by atoms with Gasteiger partial charge >= 0.3 is 5.97 Å². The number of aromatic nitrogens is 3. The maximum atomic E-state index is 10.5. The van der Waals surface area contributed by atoms with E-state index in [2.05, 4.69) is 20.3 Å². The van der Waals surface area contributed by atoms with E-state index in [1.54, 1.807) is 6.92 Å². The summed E-state index contributed by atoms with van der Waals surface area (Å²) in [7, 11) is 0. The lowest BCUT2D eigenvalue weighted by molar-refractivity contribution is -0.136. The molecule has 1 heterocycles. The minimum absolute atomic E-state index is 0.00459. The molecule has 0 amide bonds. The standard InChI is InChI=1S/C12H21N5O3/c1-3-6-17(7-8-18)12-15-9(2)14-11(16-12)13-5-4-10(19)20/h18H,3-8H2,1-2H3,(H,19,20)(H,13,14,15,16). The summed E-state index contributed by atoms with van der Waals surface area (Å²) in [5.41, 5.74) is 0. The molecule has 1 aromatic heterocycles. The number of aliphatic hydroxyl groups excluding tert-OH is 1. The van der Waals surface area contributed by atoms with Crippen LogP contribution in [0.1, 0.15) is 25.6 Å². The smallest absolute Gasteiger partial charge is 0.305 e. The number of carboxylic acid groups (broad SMARTS) is 1. The Morgan fingerprint density at radius 2 is 2.05 bits per heavy atom. The van der Waals surface area contributed by atoms with Crippen molar-refractivity contribution in [1.29, 1.82) is 0 Å². The summed E-state index contributed by atoms with van der Waals surface area (Å²) in [6, 6.07) is 0. The Kier molecular flexibility index (Phi) is 6.65. The van der Waals surface area contributed by atoms with Crippen molar-refractivity contribution in [3.63, 3.8) is 0 Å². The maximum absolute atomic E-state index is 10.5. The summed E-state index contributed by atoms with van der Waals surface area (Å²) in [4.78, 5) is 25.0. The number of hydrogen-bond donors (Lipinski definition) is 3. The van der Waals surface area contributed by atoms with Gasteiger partial charge in [-0.2, -0.15) is 15.0 Å². The molecule has 0 atom stereocenters. The van der Waals surface area contributed by atoms with Crippen LogP contribution in [0.15, 0.2) is 0 Å². The van der Waals surface area contributed by atoms with Gasteiger partial charge in [0.1, 0.15) is 5.82 Å². The van der Waals surface area contributed by atoms with E-state index in [0.717, 1.165) is 13.0 Å². The second-order valence-electron chi connectivity index (χ2n) is 4.29. The molecular weight excluding hydrogens is 262 g/mol. The van der Waals surface area contributed by atoms with Crippen molar-refractivity contribution in [2.24, 2.45) is 0 Å². The Hall–Kier alpha value is -1.96. The monoisotopic (exact) mass is 283 g/mol. The van der Waals surface area contributed by atoms with Gasteiger partial charge in [0.15, 0.2) is 0 Å². The summed E-state index contributed by atoms with van der Waals surface area (Å²) < 4.78 is 0. The van der Waals surface area contributed by atoms with Gasteiger partial charge in [-0.05, 0) is 13.3 Å². The molecule has 1 aromatic rings. The predicted molar refractivity (Wildman–Crippen MR) is 74.9 cm³/mol. The minimum atomic E-state index is -0.878. The van der Waals surface area contributed by atoms with Gasteiger partial charge in [-0.15, -0.1) is 0 Å². The van der Waals surface area contributed by atoms with Crippen LogP contribution < -0.4 is 10.2 Å². The molecule has 0 unspecified atom stereocenters. The zero-order valence-corrected chi connectivity index (χ0v) is 11.8. The first-order valence-corrected chi connectivity index (χ1v) is 6.61. The third kappa shape index (κ3) is 5.35. The summed E-state index contributed by atoms with van der Waals surface area (Å²) in [5, 5.41) is 20.5. The van der Waals surface area contributed by atoms with Gasteiger partial charge in [-0.1, -0.05) is 6.92 Å². The average molecular weight is 283 g/mol. The fraction of sp³-hybridized carbons (Fsp3) is 0.667. The highest BCUT2D eigenvalue weighted by Crippen LogP contribution is 2.11. The molecule has 0 aromatic carbocycles. The fourth-order valence-electron chi connectivity index (χ4n) is 1.67. The zero-order valence-electron chi connectivity index (χ0n) is 11.8. The minimum Gasteiger partial charge on any atom is -0.481 e. The average Bonchev–Trinajstić information content (AvgIpc) is 2.37. The number of aliphatic hydroxyl groups is 1. The number of aliphatic carboxylic acids is 1. The van der Waals surface area contributed by atoms with Crippen LogP contribution in [0.25, 0.3) is 0 Å². The van der Waals surface area contributed by atoms with Crippen molar-refractivity contribution in [3.05, 3.63) is 5.82 Å².